The van der Waals surface area contributed by atoms with E-state index in [1.165, 1.54) is 6.92 Å². The van der Waals surface area contributed by atoms with Crippen molar-refractivity contribution in [2.75, 3.05) is 6.54 Å². The first-order valence-electron chi connectivity index (χ1n) is 10.9. The van der Waals surface area contributed by atoms with Crippen molar-refractivity contribution in [1.29, 1.82) is 0 Å². The number of rotatable bonds is 9. The normalized spacial score (nSPS) is 19.8. The number of aromatic nitrogens is 2. The van der Waals surface area contributed by atoms with Crippen molar-refractivity contribution in [2.24, 2.45) is 17.6 Å². The molecule has 0 aromatic carbocycles. The molecule has 2 aromatic rings. The van der Waals surface area contributed by atoms with E-state index in [1.807, 2.05) is 0 Å². The summed E-state index contributed by atoms with van der Waals surface area (Å²) in [5, 5.41) is 31.4. The molecular weight excluding hydrogens is 480 g/mol. The summed E-state index contributed by atoms with van der Waals surface area (Å²) in [6.45, 7) is 9.07. The van der Waals surface area contributed by atoms with Gasteiger partial charge in [0.15, 0.2) is 0 Å². The molecule has 1 fully saturated rings. The number of nitrogens with one attached hydrogen (secondary N) is 2. The molecule has 1 aliphatic rings. The Morgan fingerprint density at radius 2 is 1.81 bits per heavy atom. The Hall–Kier alpha value is -3.91. The second-order valence-corrected chi connectivity index (χ2v) is 8.62. The molecule has 0 amide bonds. The third kappa shape index (κ3) is 6.60. The molecule has 0 spiro atoms. The van der Waals surface area contributed by atoms with Crippen LogP contribution in [-0.2, 0) is 27.3 Å². The Labute approximate surface area is 204 Å². The van der Waals surface area contributed by atoms with Gasteiger partial charge in [0.05, 0.1) is 24.1 Å². The highest BCUT2D eigenvalue weighted by molar-refractivity contribution is 5.76. The summed E-state index contributed by atoms with van der Waals surface area (Å²) in [5.41, 5.74) is 5.74. The topological polar surface area (TPSA) is 231 Å². The molecule has 0 aliphatic carbocycles. The second kappa shape index (κ2) is 11.7. The fourth-order valence-corrected chi connectivity index (χ4v) is 4.00. The Morgan fingerprint density at radius 3 is 2.28 bits per heavy atom. The maximum Gasteiger partial charge on any atom is 0.321 e. The Bertz CT molecular complexity index is 1230. The predicted molar refractivity (Wildman–Crippen MR) is 124 cm³/mol. The molecule has 0 bridgehead atoms. The number of carboxylic acids is 3. The van der Waals surface area contributed by atoms with Gasteiger partial charge >= 0.3 is 17.9 Å². The van der Waals surface area contributed by atoms with Gasteiger partial charge in [-0.15, -0.1) is 0 Å². The average Bonchev–Trinajstić information content (AvgIpc) is 3.41. The number of nitrogens with zero attached hydrogens (tertiary/aromatic N) is 1. The van der Waals surface area contributed by atoms with Crippen LogP contribution in [0, 0.1) is 25.7 Å². The third-order valence-electron chi connectivity index (χ3n) is 6.01. The fraction of sp³-hybridized carbons (Fsp3) is 0.500. The van der Waals surface area contributed by atoms with Gasteiger partial charge in [0.25, 0.3) is 11.1 Å². The molecule has 1 aliphatic heterocycles. The van der Waals surface area contributed by atoms with Crippen LogP contribution < -0.4 is 22.2 Å². The lowest BCUT2D eigenvalue weighted by Crippen LogP contribution is -2.36. The summed E-state index contributed by atoms with van der Waals surface area (Å²) < 4.78 is 11.1. The SMILES string of the molecule is C=C(C)[C@H]1CN[C@H](C(=O)O)[C@H]1CC(=O)O.Cc1o[nH]c(=O)c1Cn1oc(C)c(CC(N)C(=O)O)c1=O. The fourth-order valence-electron chi connectivity index (χ4n) is 4.00. The number of carbonyl (C=O) groups is 3. The van der Waals surface area contributed by atoms with Crippen LogP contribution in [-0.4, -0.2) is 61.8 Å². The van der Waals surface area contributed by atoms with E-state index in [0.717, 1.165) is 10.3 Å². The summed E-state index contributed by atoms with van der Waals surface area (Å²) >= 11 is 0. The van der Waals surface area contributed by atoms with E-state index in [2.05, 4.69) is 17.1 Å². The van der Waals surface area contributed by atoms with Crippen LogP contribution in [0.5, 0.6) is 0 Å². The minimum atomic E-state index is -1.20. The van der Waals surface area contributed by atoms with Crippen molar-refractivity contribution in [3.63, 3.8) is 0 Å². The van der Waals surface area contributed by atoms with Crippen molar-refractivity contribution >= 4 is 17.9 Å². The number of aromatic amines is 1. The van der Waals surface area contributed by atoms with E-state index in [1.54, 1.807) is 13.8 Å². The Morgan fingerprint density at radius 1 is 1.17 bits per heavy atom. The van der Waals surface area contributed by atoms with Gasteiger partial charge in [0, 0.05) is 18.9 Å². The van der Waals surface area contributed by atoms with Crippen molar-refractivity contribution in [3.8, 4) is 0 Å². The van der Waals surface area contributed by atoms with Crippen molar-refractivity contribution < 1.29 is 38.7 Å². The summed E-state index contributed by atoms with van der Waals surface area (Å²) in [4.78, 5) is 56.0. The van der Waals surface area contributed by atoms with Gasteiger partial charge in [-0.3, -0.25) is 24.0 Å². The molecule has 7 N–H and O–H groups in total. The van der Waals surface area contributed by atoms with Crippen LogP contribution in [0.25, 0.3) is 0 Å². The maximum atomic E-state index is 12.2. The zero-order chi connectivity index (χ0) is 27.3. The number of aliphatic carboxylic acids is 3. The van der Waals surface area contributed by atoms with Crippen LogP contribution in [0.4, 0.5) is 0 Å². The van der Waals surface area contributed by atoms with E-state index in [9.17, 15) is 24.0 Å². The molecule has 1 saturated heterocycles. The maximum absolute atomic E-state index is 12.2. The number of carboxylic acid groups (broad SMARTS) is 3. The molecule has 0 saturated carbocycles. The zero-order valence-corrected chi connectivity index (χ0v) is 20.1. The van der Waals surface area contributed by atoms with Crippen LogP contribution in [0.3, 0.4) is 0 Å². The number of H-pyrrole nitrogens is 1. The predicted octanol–water partition coefficient (Wildman–Crippen LogP) is -0.332. The van der Waals surface area contributed by atoms with Crippen molar-refractivity contribution in [1.82, 2.24) is 15.2 Å². The minimum Gasteiger partial charge on any atom is -0.481 e. The lowest BCUT2D eigenvalue weighted by molar-refractivity contribution is -0.142. The van der Waals surface area contributed by atoms with Gasteiger partial charge in [0.2, 0.25) is 0 Å². The third-order valence-corrected chi connectivity index (χ3v) is 6.01. The molecule has 3 rings (SSSR count). The highest BCUT2D eigenvalue weighted by Crippen LogP contribution is 2.30. The Kier molecular flexibility index (Phi) is 9.19. The number of hydrogen-bond donors (Lipinski definition) is 6. The molecule has 36 heavy (non-hydrogen) atoms. The van der Waals surface area contributed by atoms with Crippen LogP contribution in [0.2, 0.25) is 0 Å². The second-order valence-electron chi connectivity index (χ2n) is 8.62. The van der Waals surface area contributed by atoms with Gasteiger partial charge < -0.3 is 35.4 Å². The van der Waals surface area contributed by atoms with E-state index in [0.29, 0.717) is 12.3 Å². The van der Waals surface area contributed by atoms with Crippen LogP contribution >= 0.6 is 0 Å². The molecule has 14 nitrogen and oxygen atoms in total. The summed E-state index contributed by atoms with van der Waals surface area (Å²) in [6.07, 6.45) is -0.279. The molecule has 14 heteroatoms. The summed E-state index contributed by atoms with van der Waals surface area (Å²) in [6, 6.07) is -1.97. The molecule has 0 radical (unpaired) electrons. The highest BCUT2D eigenvalue weighted by atomic mass is 16.5. The first-order chi connectivity index (χ1) is 16.7. The van der Waals surface area contributed by atoms with E-state index in [-0.39, 0.29) is 42.2 Å². The van der Waals surface area contributed by atoms with Gasteiger partial charge in [0.1, 0.15) is 23.6 Å². The van der Waals surface area contributed by atoms with Gasteiger partial charge in [-0.05, 0) is 26.7 Å². The van der Waals surface area contributed by atoms with Crippen molar-refractivity contribution in [2.45, 2.75) is 52.2 Å². The number of hydrogen-bond acceptors (Lipinski definition) is 9. The standard InChI is InChI=1S/C12H15N3O6.C10H15NO4/c1-5-8(10(16)14-20-5)4-15-11(17)7(6(2)21-15)3-9(13)12(18)19;1-5(2)7-4-11-9(10(14)15)6(7)3-8(12)13/h9H,3-4,13H2,1-2H3,(H,14,16)(H,18,19);6-7,9,11H,1,3-4H2,2H3,(H,12,13)(H,14,15)/t;6-,7+,9-/m.0/s1. The molecule has 1 unspecified atom stereocenters. The molecule has 4 atom stereocenters. The van der Waals surface area contributed by atoms with Crippen LogP contribution in [0.1, 0.15) is 36.0 Å². The monoisotopic (exact) mass is 510 g/mol. The number of nitrogens with two attached hydrogens (primary N) is 1. The number of aryl methyl sites for hydroxylation is 2. The summed E-state index contributed by atoms with van der Waals surface area (Å²) in [5.74, 6) is -3.02. The van der Waals surface area contributed by atoms with Crippen LogP contribution in [0.15, 0.2) is 30.8 Å². The Balaban J connectivity index is 0.000000269. The minimum absolute atomic E-state index is 0.0674. The smallest absolute Gasteiger partial charge is 0.321 e. The quantitative estimate of drug-likeness (QED) is 0.238. The van der Waals surface area contributed by atoms with Crippen molar-refractivity contribution in [3.05, 3.63) is 55.5 Å². The lowest BCUT2D eigenvalue weighted by Gasteiger charge is -2.19. The average molecular weight is 511 g/mol. The first-order valence-corrected chi connectivity index (χ1v) is 10.9. The van der Waals surface area contributed by atoms with Gasteiger partial charge in [-0.2, -0.15) is 9.90 Å². The van der Waals surface area contributed by atoms with E-state index >= 15 is 0 Å². The van der Waals surface area contributed by atoms with Gasteiger partial charge in [-0.25, -0.2) is 0 Å². The lowest BCUT2D eigenvalue weighted by atomic mass is 9.84. The zero-order valence-electron chi connectivity index (χ0n) is 20.1. The first kappa shape index (κ1) is 28.3. The molecule has 2 aromatic heterocycles. The molecule has 198 valence electrons. The highest BCUT2D eigenvalue weighted by Gasteiger charge is 2.41. The molecule has 3 heterocycles. The van der Waals surface area contributed by atoms with E-state index < -0.39 is 47.0 Å². The summed E-state index contributed by atoms with van der Waals surface area (Å²) in [7, 11) is 0. The largest absolute Gasteiger partial charge is 0.481 e. The van der Waals surface area contributed by atoms with Gasteiger partial charge in [-0.1, -0.05) is 12.2 Å². The van der Waals surface area contributed by atoms with E-state index in [4.69, 9.17) is 30.1 Å². The molecular formula is C22H30N4O10.